The third kappa shape index (κ3) is 3.13. The van der Waals surface area contributed by atoms with Crippen LogP contribution in [0.1, 0.15) is 42.5 Å². The Morgan fingerprint density at radius 1 is 1.11 bits per heavy atom. The standard InChI is InChI=1S/C15H19NO3/c1-16(14(17)11-5-3-2-4-6-11)13-9-7-12(8-10-13)15(18)19/h7-11H,2-6H2,1H3,(H,18,19). The molecule has 0 unspecified atom stereocenters. The number of anilines is 1. The molecule has 0 heterocycles. The monoisotopic (exact) mass is 261 g/mol. The lowest BCUT2D eigenvalue weighted by molar-refractivity contribution is -0.123. The molecule has 102 valence electrons. The topological polar surface area (TPSA) is 57.6 Å². The van der Waals surface area contributed by atoms with Crippen molar-refractivity contribution in [2.75, 3.05) is 11.9 Å². The van der Waals surface area contributed by atoms with E-state index in [-0.39, 0.29) is 17.4 Å². The van der Waals surface area contributed by atoms with Crippen LogP contribution in [0.15, 0.2) is 24.3 Å². The fourth-order valence-electron chi connectivity index (χ4n) is 2.58. The molecule has 4 heteroatoms. The summed E-state index contributed by atoms with van der Waals surface area (Å²) in [4.78, 5) is 24.8. The quantitative estimate of drug-likeness (QED) is 0.910. The molecule has 4 nitrogen and oxygen atoms in total. The van der Waals surface area contributed by atoms with Crippen LogP contribution in [0.3, 0.4) is 0 Å². The van der Waals surface area contributed by atoms with Crippen LogP contribution in [0, 0.1) is 5.92 Å². The molecule has 1 aliphatic rings. The molecular weight excluding hydrogens is 242 g/mol. The Bertz CT molecular complexity index is 461. The predicted molar refractivity (Wildman–Crippen MR) is 73.4 cm³/mol. The van der Waals surface area contributed by atoms with Crippen molar-refractivity contribution in [2.24, 2.45) is 5.92 Å². The van der Waals surface area contributed by atoms with Crippen molar-refractivity contribution in [3.05, 3.63) is 29.8 Å². The second-order valence-electron chi connectivity index (χ2n) is 5.08. The number of carbonyl (C=O) groups is 2. The van der Waals surface area contributed by atoms with Crippen LogP contribution < -0.4 is 4.90 Å². The van der Waals surface area contributed by atoms with Crippen LogP contribution in [0.4, 0.5) is 5.69 Å². The van der Waals surface area contributed by atoms with E-state index in [2.05, 4.69) is 0 Å². The van der Waals surface area contributed by atoms with Crippen molar-refractivity contribution < 1.29 is 14.7 Å². The van der Waals surface area contributed by atoms with Gasteiger partial charge in [0, 0.05) is 18.7 Å². The van der Waals surface area contributed by atoms with Gasteiger partial charge < -0.3 is 10.0 Å². The van der Waals surface area contributed by atoms with Gasteiger partial charge in [-0.25, -0.2) is 4.79 Å². The molecule has 1 aromatic carbocycles. The van der Waals surface area contributed by atoms with Crippen molar-refractivity contribution in [1.82, 2.24) is 0 Å². The zero-order chi connectivity index (χ0) is 13.8. The maximum Gasteiger partial charge on any atom is 0.335 e. The molecule has 0 aromatic heterocycles. The number of aromatic carboxylic acids is 1. The van der Waals surface area contributed by atoms with E-state index in [9.17, 15) is 9.59 Å². The van der Waals surface area contributed by atoms with Crippen molar-refractivity contribution in [3.8, 4) is 0 Å². The summed E-state index contributed by atoms with van der Waals surface area (Å²) in [6, 6.07) is 6.43. The number of nitrogens with zero attached hydrogens (tertiary/aromatic N) is 1. The van der Waals surface area contributed by atoms with E-state index in [0.29, 0.717) is 0 Å². The first-order valence-corrected chi connectivity index (χ1v) is 6.70. The molecule has 1 aliphatic carbocycles. The molecule has 19 heavy (non-hydrogen) atoms. The smallest absolute Gasteiger partial charge is 0.335 e. The first kappa shape index (κ1) is 13.6. The minimum Gasteiger partial charge on any atom is -0.478 e. The van der Waals surface area contributed by atoms with Gasteiger partial charge in [0.2, 0.25) is 5.91 Å². The van der Waals surface area contributed by atoms with Crippen LogP contribution in [0.5, 0.6) is 0 Å². The highest BCUT2D eigenvalue weighted by molar-refractivity contribution is 5.95. The summed E-state index contributed by atoms with van der Waals surface area (Å²) in [5.41, 5.74) is 0.989. The summed E-state index contributed by atoms with van der Waals surface area (Å²) in [5, 5.41) is 8.85. The molecule has 2 rings (SSSR count). The number of benzene rings is 1. The van der Waals surface area contributed by atoms with Crippen molar-refractivity contribution in [1.29, 1.82) is 0 Å². The van der Waals surface area contributed by atoms with E-state index in [1.807, 2.05) is 0 Å². The van der Waals surface area contributed by atoms with E-state index in [1.54, 1.807) is 24.1 Å². The lowest BCUT2D eigenvalue weighted by Crippen LogP contribution is -2.33. The van der Waals surface area contributed by atoms with E-state index in [1.165, 1.54) is 18.6 Å². The summed E-state index contributed by atoms with van der Waals surface area (Å²) in [5.74, 6) is -0.687. The van der Waals surface area contributed by atoms with Crippen molar-refractivity contribution in [2.45, 2.75) is 32.1 Å². The second-order valence-corrected chi connectivity index (χ2v) is 5.08. The first-order chi connectivity index (χ1) is 9.09. The number of hydrogen-bond acceptors (Lipinski definition) is 2. The van der Waals surface area contributed by atoms with Gasteiger partial charge in [0.15, 0.2) is 0 Å². The van der Waals surface area contributed by atoms with Gasteiger partial charge in [0.1, 0.15) is 0 Å². The molecule has 1 aromatic rings. The van der Waals surface area contributed by atoms with Crippen LogP contribution in [0.2, 0.25) is 0 Å². The van der Waals surface area contributed by atoms with Gasteiger partial charge in [-0.2, -0.15) is 0 Å². The predicted octanol–water partition coefficient (Wildman–Crippen LogP) is 2.93. The van der Waals surface area contributed by atoms with Crippen LogP contribution in [-0.4, -0.2) is 24.0 Å². The van der Waals surface area contributed by atoms with Gasteiger partial charge in [0.05, 0.1) is 5.56 Å². The number of rotatable bonds is 3. The SMILES string of the molecule is CN(C(=O)C1CCCCC1)c1ccc(C(=O)O)cc1. The van der Waals surface area contributed by atoms with Crippen molar-refractivity contribution in [3.63, 3.8) is 0 Å². The molecule has 0 saturated heterocycles. The highest BCUT2D eigenvalue weighted by Gasteiger charge is 2.24. The summed E-state index contributed by atoms with van der Waals surface area (Å²) >= 11 is 0. The van der Waals surface area contributed by atoms with E-state index < -0.39 is 5.97 Å². The zero-order valence-corrected chi connectivity index (χ0v) is 11.1. The molecule has 0 bridgehead atoms. The maximum absolute atomic E-state index is 12.3. The lowest BCUT2D eigenvalue weighted by atomic mass is 9.88. The normalized spacial score (nSPS) is 16.1. The highest BCUT2D eigenvalue weighted by Crippen LogP contribution is 2.27. The highest BCUT2D eigenvalue weighted by atomic mass is 16.4. The molecule has 1 fully saturated rings. The largest absolute Gasteiger partial charge is 0.478 e. The van der Waals surface area contributed by atoms with Gasteiger partial charge in [-0.1, -0.05) is 19.3 Å². The number of carbonyl (C=O) groups excluding carboxylic acids is 1. The third-order valence-corrected chi connectivity index (χ3v) is 3.79. The summed E-state index contributed by atoms with van der Waals surface area (Å²) in [6.45, 7) is 0. The third-order valence-electron chi connectivity index (χ3n) is 3.79. The van der Waals surface area contributed by atoms with Gasteiger partial charge >= 0.3 is 5.97 Å². The van der Waals surface area contributed by atoms with E-state index in [0.717, 1.165) is 31.4 Å². The molecule has 1 saturated carbocycles. The molecule has 0 spiro atoms. The lowest BCUT2D eigenvalue weighted by Gasteiger charge is -2.26. The average molecular weight is 261 g/mol. The van der Waals surface area contributed by atoms with Gasteiger partial charge in [-0.3, -0.25) is 4.79 Å². The number of carboxylic acid groups (broad SMARTS) is 1. The second kappa shape index (κ2) is 5.87. The molecule has 1 N–H and O–H groups in total. The molecular formula is C15H19NO3. The van der Waals surface area contributed by atoms with E-state index in [4.69, 9.17) is 5.11 Å². The summed E-state index contributed by atoms with van der Waals surface area (Å²) in [6.07, 6.45) is 5.41. The Morgan fingerprint density at radius 3 is 2.21 bits per heavy atom. The molecule has 0 atom stereocenters. The summed E-state index contributed by atoms with van der Waals surface area (Å²) < 4.78 is 0. The Balaban J connectivity index is 2.07. The number of carboxylic acids is 1. The minimum absolute atomic E-state index is 0.123. The Morgan fingerprint density at radius 2 is 1.68 bits per heavy atom. The minimum atomic E-state index is -0.951. The number of amides is 1. The average Bonchev–Trinajstić information content (AvgIpc) is 2.46. The van der Waals surface area contributed by atoms with Gasteiger partial charge in [-0.15, -0.1) is 0 Å². The Labute approximate surface area is 113 Å². The van der Waals surface area contributed by atoms with Gasteiger partial charge in [-0.05, 0) is 37.1 Å². The van der Waals surface area contributed by atoms with Crippen molar-refractivity contribution >= 4 is 17.6 Å². The maximum atomic E-state index is 12.3. The van der Waals surface area contributed by atoms with Crippen LogP contribution >= 0.6 is 0 Å². The van der Waals surface area contributed by atoms with E-state index >= 15 is 0 Å². The molecule has 1 amide bonds. The fourth-order valence-corrected chi connectivity index (χ4v) is 2.58. The van der Waals surface area contributed by atoms with Crippen LogP contribution in [-0.2, 0) is 4.79 Å². The zero-order valence-electron chi connectivity index (χ0n) is 11.1. The summed E-state index contributed by atoms with van der Waals surface area (Å²) in [7, 11) is 1.76. The Kier molecular flexibility index (Phi) is 4.20. The molecule has 0 radical (unpaired) electrons. The first-order valence-electron chi connectivity index (χ1n) is 6.70. The molecule has 0 aliphatic heterocycles. The Hall–Kier alpha value is -1.84. The fraction of sp³-hybridized carbons (Fsp3) is 0.467. The van der Waals surface area contributed by atoms with Crippen LogP contribution in [0.25, 0.3) is 0 Å². The van der Waals surface area contributed by atoms with Gasteiger partial charge in [0.25, 0.3) is 0 Å². The number of hydrogen-bond donors (Lipinski definition) is 1.